The molecule has 1 amide bonds. The Morgan fingerprint density at radius 2 is 2.00 bits per heavy atom. The number of amides is 1. The van der Waals surface area contributed by atoms with Gasteiger partial charge in [-0.15, -0.1) is 11.8 Å². The van der Waals surface area contributed by atoms with E-state index < -0.39 is 11.2 Å². The van der Waals surface area contributed by atoms with Gasteiger partial charge in [-0.3, -0.25) is 24.1 Å². The van der Waals surface area contributed by atoms with Gasteiger partial charge in [0.2, 0.25) is 5.91 Å². The summed E-state index contributed by atoms with van der Waals surface area (Å²) >= 11 is 1.39. The normalized spacial score (nSPS) is 11.2. The predicted octanol–water partition coefficient (Wildman–Crippen LogP) is 3.25. The van der Waals surface area contributed by atoms with Gasteiger partial charge < -0.3 is 10.6 Å². The van der Waals surface area contributed by atoms with E-state index in [1.165, 1.54) is 21.2 Å². The standard InChI is InChI=1S/C23H29N5O3S/c1-4-5-12-27(20-21(24)28(13-15(2)3)23(31)26-22(20)30)19(29)14-32-18-10-11-25-17-9-7-6-8-16(17)18/h6-11,15H,4-5,12-14,24H2,1-3H3,(H,26,30,31). The number of hydrogen-bond donors (Lipinski definition) is 2. The first-order valence-electron chi connectivity index (χ1n) is 10.7. The number of H-pyrrole nitrogens is 1. The largest absolute Gasteiger partial charge is 0.383 e. The van der Waals surface area contributed by atoms with Crippen LogP contribution >= 0.6 is 11.8 Å². The third kappa shape index (κ3) is 5.21. The van der Waals surface area contributed by atoms with Crippen molar-refractivity contribution in [1.29, 1.82) is 0 Å². The molecule has 32 heavy (non-hydrogen) atoms. The number of carbonyl (C=O) groups is 1. The number of unbranched alkanes of at least 4 members (excludes halogenated alkanes) is 1. The second-order valence-electron chi connectivity index (χ2n) is 8.01. The highest BCUT2D eigenvalue weighted by atomic mass is 32.2. The topological polar surface area (TPSA) is 114 Å². The monoisotopic (exact) mass is 455 g/mol. The van der Waals surface area contributed by atoms with Crippen molar-refractivity contribution in [2.75, 3.05) is 22.9 Å². The minimum Gasteiger partial charge on any atom is -0.383 e. The number of aromatic nitrogens is 3. The molecule has 0 unspecified atom stereocenters. The van der Waals surface area contributed by atoms with Crippen molar-refractivity contribution in [3.8, 4) is 0 Å². The molecule has 2 aromatic heterocycles. The maximum Gasteiger partial charge on any atom is 0.330 e. The van der Waals surface area contributed by atoms with Gasteiger partial charge in [-0.05, 0) is 24.5 Å². The van der Waals surface area contributed by atoms with Crippen LogP contribution in [-0.4, -0.2) is 32.7 Å². The van der Waals surface area contributed by atoms with Crippen LogP contribution in [0.15, 0.2) is 51.0 Å². The zero-order chi connectivity index (χ0) is 23.3. The van der Waals surface area contributed by atoms with Crippen molar-refractivity contribution in [2.45, 2.75) is 45.1 Å². The van der Waals surface area contributed by atoms with Crippen molar-refractivity contribution in [3.63, 3.8) is 0 Å². The minimum absolute atomic E-state index is 0.0243. The van der Waals surface area contributed by atoms with Crippen LogP contribution in [0.4, 0.5) is 11.5 Å². The van der Waals surface area contributed by atoms with E-state index in [4.69, 9.17) is 5.73 Å². The number of pyridine rings is 1. The molecule has 0 aliphatic rings. The zero-order valence-electron chi connectivity index (χ0n) is 18.6. The lowest BCUT2D eigenvalue weighted by molar-refractivity contribution is -0.116. The van der Waals surface area contributed by atoms with Crippen LogP contribution in [0.2, 0.25) is 0 Å². The third-order valence-electron chi connectivity index (χ3n) is 5.03. The lowest BCUT2D eigenvalue weighted by atomic mass is 10.2. The lowest BCUT2D eigenvalue weighted by Gasteiger charge is -2.25. The van der Waals surface area contributed by atoms with E-state index in [9.17, 15) is 14.4 Å². The molecule has 0 aliphatic heterocycles. The summed E-state index contributed by atoms with van der Waals surface area (Å²) < 4.78 is 1.33. The molecule has 170 valence electrons. The molecule has 0 bridgehead atoms. The SMILES string of the molecule is CCCCN(C(=O)CSc1ccnc2ccccc12)c1c(N)n(CC(C)C)c(=O)[nH]c1=O. The summed E-state index contributed by atoms with van der Waals surface area (Å²) in [7, 11) is 0. The fraction of sp³-hybridized carbons (Fsp3) is 0.391. The van der Waals surface area contributed by atoms with E-state index in [-0.39, 0.29) is 29.1 Å². The highest BCUT2D eigenvalue weighted by molar-refractivity contribution is 8.00. The van der Waals surface area contributed by atoms with E-state index in [1.54, 1.807) is 6.20 Å². The maximum atomic E-state index is 13.3. The van der Waals surface area contributed by atoms with Gasteiger partial charge in [-0.2, -0.15) is 0 Å². The summed E-state index contributed by atoms with van der Waals surface area (Å²) in [5.41, 5.74) is 5.95. The van der Waals surface area contributed by atoms with E-state index in [0.717, 1.165) is 22.2 Å². The summed E-state index contributed by atoms with van der Waals surface area (Å²) in [5, 5.41) is 0.968. The number of hydrogen-bond acceptors (Lipinski definition) is 6. The number of nitrogens with two attached hydrogens (primary N) is 1. The first-order valence-corrected chi connectivity index (χ1v) is 11.7. The Bertz CT molecular complexity index is 1210. The first kappa shape index (κ1) is 23.6. The van der Waals surface area contributed by atoms with Crippen molar-refractivity contribution in [2.24, 2.45) is 5.92 Å². The summed E-state index contributed by atoms with van der Waals surface area (Å²) in [6.07, 6.45) is 3.26. The minimum atomic E-state index is -0.642. The van der Waals surface area contributed by atoms with Gasteiger partial charge >= 0.3 is 5.69 Å². The Balaban J connectivity index is 1.93. The second-order valence-corrected chi connectivity index (χ2v) is 9.03. The number of fused-ring (bicyclic) bond motifs is 1. The second kappa shape index (κ2) is 10.5. The molecule has 0 saturated carbocycles. The molecule has 0 fully saturated rings. The summed E-state index contributed by atoms with van der Waals surface area (Å²) in [6, 6.07) is 9.62. The van der Waals surface area contributed by atoms with E-state index in [1.807, 2.05) is 51.1 Å². The van der Waals surface area contributed by atoms with Crippen molar-refractivity contribution < 1.29 is 4.79 Å². The number of aromatic amines is 1. The van der Waals surface area contributed by atoms with Crippen LogP contribution in [0.3, 0.4) is 0 Å². The lowest BCUT2D eigenvalue weighted by Crippen LogP contribution is -2.42. The van der Waals surface area contributed by atoms with Gasteiger partial charge in [-0.25, -0.2) is 4.79 Å². The molecule has 0 spiro atoms. The number of rotatable bonds is 9. The molecule has 0 radical (unpaired) electrons. The van der Waals surface area contributed by atoms with Gasteiger partial charge in [0.1, 0.15) is 5.82 Å². The first-order chi connectivity index (χ1) is 15.3. The number of benzene rings is 1. The smallest absolute Gasteiger partial charge is 0.330 e. The van der Waals surface area contributed by atoms with Crippen LogP contribution in [0.1, 0.15) is 33.6 Å². The Morgan fingerprint density at radius 3 is 2.72 bits per heavy atom. The Morgan fingerprint density at radius 1 is 1.25 bits per heavy atom. The molecular weight excluding hydrogens is 426 g/mol. The molecule has 2 heterocycles. The van der Waals surface area contributed by atoms with Gasteiger partial charge in [0.05, 0.1) is 11.3 Å². The number of anilines is 2. The molecule has 8 nitrogen and oxygen atoms in total. The molecule has 0 atom stereocenters. The Kier molecular flexibility index (Phi) is 7.74. The predicted molar refractivity (Wildman–Crippen MR) is 130 cm³/mol. The van der Waals surface area contributed by atoms with Gasteiger partial charge in [0.25, 0.3) is 5.56 Å². The Hall–Kier alpha value is -3.07. The quantitative estimate of drug-likeness (QED) is 0.479. The number of para-hydroxylation sites is 1. The number of carbonyl (C=O) groups excluding carboxylic acids is 1. The van der Waals surface area contributed by atoms with E-state index in [2.05, 4.69) is 9.97 Å². The average Bonchev–Trinajstić information content (AvgIpc) is 2.76. The molecule has 3 N–H and O–H groups in total. The Labute approximate surface area is 190 Å². The highest BCUT2D eigenvalue weighted by Gasteiger charge is 2.24. The molecule has 1 aromatic carbocycles. The number of nitrogens with zero attached hydrogens (tertiary/aromatic N) is 3. The number of nitrogen functional groups attached to an aromatic ring is 1. The maximum absolute atomic E-state index is 13.3. The van der Waals surface area contributed by atoms with E-state index >= 15 is 0 Å². The van der Waals surface area contributed by atoms with Crippen LogP contribution in [-0.2, 0) is 11.3 Å². The number of nitrogens with one attached hydrogen (secondary N) is 1. The van der Waals surface area contributed by atoms with Gasteiger partial charge in [0, 0.05) is 29.6 Å². The van der Waals surface area contributed by atoms with Crippen LogP contribution in [0.25, 0.3) is 10.9 Å². The van der Waals surface area contributed by atoms with Gasteiger partial charge in [-0.1, -0.05) is 45.4 Å². The molecular formula is C23H29N5O3S. The number of thioether (sulfide) groups is 1. The molecule has 9 heteroatoms. The summed E-state index contributed by atoms with van der Waals surface area (Å²) in [4.78, 5) is 47.3. The summed E-state index contributed by atoms with van der Waals surface area (Å²) in [6.45, 7) is 6.61. The van der Waals surface area contributed by atoms with Crippen LogP contribution in [0, 0.1) is 5.92 Å². The molecule has 0 aliphatic carbocycles. The van der Waals surface area contributed by atoms with E-state index in [0.29, 0.717) is 19.5 Å². The fourth-order valence-corrected chi connectivity index (χ4v) is 4.39. The zero-order valence-corrected chi connectivity index (χ0v) is 19.4. The van der Waals surface area contributed by atoms with Gasteiger partial charge in [0.15, 0.2) is 5.69 Å². The highest BCUT2D eigenvalue weighted by Crippen LogP contribution is 2.27. The fourth-order valence-electron chi connectivity index (χ4n) is 3.47. The van der Waals surface area contributed by atoms with Crippen molar-refractivity contribution in [1.82, 2.24) is 14.5 Å². The van der Waals surface area contributed by atoms with Crippen LogP contribution in [0.5, 0.6) is 0 Å². The molecule has 3 rings (SSSR count). The molecule has 0 saturated heterocycles. The average molecular weight is 456 g/mol. The van der Waals surface area contributed by atoms with Crippen LogP contribution < -0.4 is 21.9 Å². The van der Waals surface area contributed by atoms with Crippen molar-refractivity contribution >= 4 is 40.1 Å². The third-order valence-corrected chi connectivity index (χ3v) is 6.09. The summed E-state index contributed by atoms with van der Waals surface area (Å²) in [5.74, 6) is 0.0523. The molecule has 3 aromatic rings. The van der Waals surface area contributed by atoms with Crippen molar-refractivity contribution in [3.05, 3.63) is 57.4 Å².